The number of hydrogen-bond donors (Lipinski definition) is 0. The fraction of sp³-hybridized carbons (Fsp3) is 0.400. The van der Waals surface area contributed by atoms with Crippen LogP contribution in [0.3, 0.4) is 0 Å². The number of fused-ring (bicyclic) bond motifs is 1. The molecule has 172 valence electrons. The van der Waals surface area contributed by atoms with Gasteiger partial charge in [0.05, 0.1) is 11.2 Å². The van der Waals surface area contributed by atoms with Gasteiger partial charge in [0.2, 0.25) is 5.52 Å². The smallest absolute Gasteiger partial charge is 0.270 e. The molecule has 8 heteroatoms. The zero-order valence-corrected chi connectivity index (χ0v) is 19.2. The third-order valence-corrected chi connectivity index (χ3v) is 6.63. The summed E-state index contributed by atoms with van der Waals surface area (Å²) in [6.07, 6.45) is 0.757. The fourth-order valence-corrected chi connectivity index (χ4v) is 4.89. The van der Waals surface area contributed by atoms with E-state index < -0.39 is 11.6 Å². The topological polar surface area (TPSA) is 45.7 Å². The van der Waals surface area contributed by atoms with Gasteiger partial charge in [0.1, 0.15) is 0 Å². The van der Waals surface area contributed by atoms with Crippen LogP contribution in [0.2, 0.25) is 0 Å². The van der Waals surface area contributed by atoms with Crippen molar-refractivity contribution in [3.05, 3.63) is 75.4 Å². The molecule has 1 aromatic carbocycles. The van der Waals surface area contributed by atoms with Gasteiger partial charge in [-0.05, 0) is 50.1 Å². The van der Waals surface area contributed by atoms with E-state index in [9.17, 15) is 13.6 Å². The molecule has 33 heavy (non-hydrogen) atoms. The summed E-state index contributed by atoms with van der Waals surface area (Å²) < 4.78 is 28.9. The van der Waals surface area contributed by atoms with E-state index in [4.69, 9.17) is 6.57 Å². The van der Waals surface area contributed by atoms with Crippen molar-refractivity contribution in [1.82, 2.24) is 14.5 Å². The number of nitrogens with zero attached hydrogens (tertiary/aromatic N) is 5. The van der Waals surface area contributed by atoms with Crippen LogP contribution in [-0.4, -0.2) is 39.6 Å². The highest BCUT2D eigenvalue weighted by Crippen LogP contribution is 2.34. The van der Waals surface area contributed by atoms with Gasteiger partial charge in [-0.1, -0.05) is 19.6 Å². The standard InChI is InChI=1S/C25H27F2N5O/c1-6-20(17-7-8-18(26)19(27)11-17)31-13-16(3)32(14-15(31)2)22-12-24(33)30(5)21-9-10-23(28-4)29-25(21)22/h7-12,15-16,20H,6,13-14H2,1-3,5H3/t15-,16+,20?/m1/s1. The lowest BCUT2D eigenvalue weighted by atomic mass is 9.97. The van der Waals surface area contributed by atoms with Crippen LogP contribution in [0.1, 0.15) is 38.8 Å². The van der Waals surface area contributed by atoms with Crippen molar-refractivity contribution >= 4 is 22.5 Å². The van der Waals surface area contributed by atoms with Gasteiger partial charge in [0.15, 0.2) is 11.6 Å². The van der Waals surface area contributed by atoms with E-state index in [0.29, 0.717) is 24.1 Å². The van der Waals surface area contributed by atoms with Gasteiger partial charge in [-0.15, -0.1) is 4.98 Å². The lowest BCUT2D eigenvalue weighted by Gasteiger charge is -2.48. The molecule has 1 aliphatic rings. The van der Waals surface area contributed by atoms with Crippen LogP contribution in [-0.2, 0) is 7.05 Å². The van der Waals surface area contributed by atoms with Crippen molar-refractivity contribution in [2.24, 2.45) is 7.05 Å². The normalized spacial score (nSPS) is 20.1. The summed E-state index contributed by atoms with van der Waals surface area (Å²) in [7, 11) is 1.70. The minimum Gasteiger partial charge on any atom is -0.362 e. The van der Waals surface area contributed by atoms with E-state index >= 15 is 0 Å². The zero-order valence-electron chi connectivity index (χ0n) is 19.2. The maximum Gasteiger partial charge on any atom is 0.270 e. The first-order valence-electron chi connectivity index (χ1n) is 11.1. The van der Waals surface area contributed by atoms with Crippen LogP contribution >= 0.6 is 0 Å². The molecule has 4 rings (SSSR count). The summed E-state index contributed by atoms with van der Waals surface area (Å²) in [4.78, 5) is 25.1. The van der Waals surface area contributed by atoms with Gasteiger partial charge in [0.25, 0.3) is 11.4 Å². The Morgan fingerprint density at radius 3 is 2.55 bits per heavy atom. The fourth-order valence-electron chi connectivity index (χ4n) is 4.89. The number of aromatic nitrogens is 2. The minimum absolute atomic E-state index is 0.0363. The first-order chi connectivity index (χ1) is 15.7. The monoisotopic (exact) mass is 451 g/mol. The second-order valence-electron chi connectivity index (χ2n) is 8.72. The number of pyridine rings is 2. The maximum absolute atomic E-state index is 13.9. The number of aryl methyl sites for hydroxylation is 1. The summed E-state index contributed by atoms with van der Waals surface area (Å²) in [6, 6.07) is 9.18. The Morgan fingerprint density at radius 1 is 1.12 bits per heavy atom. The molecule has 6 nitrogen and oxygen atoms in total. The molecule has 1 fully saturated rings. The number of anilines is 1. The first-order valence-corrected chi connectivity index (χ1v) is 11.1. The maximum atomic E-state index is 13.9. The Labute approximate surface area is 191 Å². The highest BCUT2D eigenvalue weighted by atomic mass is 19.2. The average Bonchev–Trinajstić information content (AvgIpc) is 2.80. The predicted molar refractivity (Wildman–Crippen MR) is 126 cm³/mol. The van der Waals surface area contributed by atoms with Crippen molar-refractivity contribution in [3.8, 4) is 0 Å². The summed E-state index contributed by atoms with van der Waals surface area (Å²) in [6.45, 7) is 14.9. The van der Waals surface area contributed by atoms with Gasteiger partial charge in [-0.2, -0.15) is 0 Å². The van der Waals surface area contributed by atoms with Crippen LogP contribution in [0.5, 0.6) is 0 Å². The molecule has 1 aliphatic heterocycles. The molecule has 0 bridgehead atoms. The summed E-state index contributed by atoms with van der Waals surface area (Å²) in [5.41, 5.74) is 2.65. The van der Waals surface area contributed by atoms with Crippen molar-refractivity contribution in [2.45, 2.75) is 45.3 Å². The molecular weight excluding hydrogens is 424 g/mol. The predicted octanol–water partition coefficient (Wildman–Crippen LogP) is 4.81. The van der Waals surface area contributed by atoms with E-state index in [2.05, 4.69) is 33.5 Å². The van der Waals surface area contributed by atoms with Gasteiger partial charge < -0.3 is 14.3 Å². The van der Waals surface area contributed by atoms with Crippen molar-refractivity contribution in [2.75, 3.05) is 18.0 Å². The lowest BCUT2D eigenvalue weighted by Crippen LogP contribution is -2.57. The molecule has 3 aromatic rings. The van der Waals surface area contributed by atoms with E-state index in [1.54, 1.807) is 35.9 Å². The molecule has 1 saturated heterocycles. The highest BCUT2D eigenvalue weighted by Gasteiger charge is 2.35. The number of piperazine rings is 1. The van der Waals surface area contributed by atoms with Crippen molar-refractivity contribution in [3.63, 3.8) is 0 Å². The Morgan fingerprint density at radius 2 is 1.88 bits per heavy atom. The van der Waals surface area contributed by atoms with E-state index in [0.717, 1.165) is 17.7 Å². The highest BCUT2D eigenvalue weighted by molar-refractivity contribution is 5.89. The quantitative estimate of drug-likeness (QED) is 0.534. The molecular formula is C25H27F2N5O. The molecule has 0 amide bonds. The summed E-state index contributed by atoms with van der Waals surface area (Å²) >= 11 is 0. The van der Waals surface area contributed by atoms with Gasteiger partial charge in [-0.3, -0.25) is 9.69 Å². The Kier molecular flexibility index (Phi) is 6.17. The Balaban J connectivity index is 1.71. The number of rotatable bonds is 4. The second kappa shape index (κ2) is 8.91. The van der Waals surface area contributed by atoms with Gasteiger partial charge >= 0.3 is 0 Å². The minimum atomic E-state index is -0.844. The molecule has 0 spiro atoms. The van der Waals surface area contributed by atoms with E-state index in [1.807, 2.05) is 6.92 Å². The largest absolute Gasteiger partial charge is 0.362 e. The second-order valence-corrected chi connectivity index (χ2v) is 8.72. The van der Waals surface area contributed by atoms with Crippen LogP contribution in [0.4, 0.5) is 20.3 Å². The lowest BCUT2D eigenvalue weighted by molar-refractivity contribution is 0.107. The number of halogens is 2. The SMILES string of the molecule is [C-]#[N+]c1ccc2c(n1)c(N1C[C@@H](C)N(C(CC)c3ccc(F)c(F)c3)C[C@@H]1C)cc(=O)n2C. The zero-order chi connectivity index (χ0) is 23.9. The molecule has 1 unspecified atom stereocenters. The molecule has 0 aliphatic carbocycles. The molecule has 3 atom stereocenters. The summed E-state index contributed by atoms with van der Waals surface area (Å²) in [5, 5.41) is 0. The van der Waals surface area contributed by atoms with E-state index in [1.165, 1.54) is 12.1 Å². The van der Waals surface area contributed by atoms with E-state index in [-0.39, 0.29) is 29.5 Å². The van der Waals surface area contributed by atoms with Crippen LogP contribution < -0.4 is 10.5 Å². The van der Waals surface area contributed by atoms with Crippen molar-refractivity contribution in [1.29, 1.82) is 0 Å². The Hall–Kier alpha value is -3.31. The van der Waals surface area contributed by atoms with Crippen LogP contribution in [0, 0.1) is 18.2 Å². The third kappa shape index (κ3) is 4.09. The Bertz CT molecular complexity index is 1300. The molecule has 0 N–H and O–H groups in total. The average molecular weight is 452 g/mol. The number of hydrogen-bond acceptors (Lipinski definition) is 4. The third-order valence-electron chi connectivity index (χ3n) is 6.63. The molecule has 0 saturated carbocycles. The van der Waals surface area contributed by atoms with Crippen LogP contribution in [0.25, 0.3) is 15.9 Å². The van der Waals surface area contributed by atoms with Crippen molar-refractivity contribution < 1.29 is 8.78 Å². The molecule has 3 heterocycles. The molecule has 2 aromatic heterocycles. The molecule has 0 radical (unpaired) electrons. The van der Waals surface area contributed by atoms with Gasteiger partial charge in [-0.25, -0.2) is 8.78 Å². The summed E-state index contributed by atoms with van der Waals surface area (Å²) in [5.74, 6) is -1.40. The van der Waals surface area contributed by atoms with Crippen LogP contribution in [0.15, 0.2) is 41.2 Å². The van der Waals surface area contributed by atoms with Gasteiger partial charge in [0, 0.05) is 44.3 Å². The number of benzene rings is 1. The first kappa shape index (κ1) is 22.9.